The zero-order valence-corrected chi connectivity index (χ0v) is 12.3. The standard InChI is InChI=1S/C16H27N3/c1-3-14(13-9-6-5-7-10-13)18-16-12-8-11-15(19-16)17-4-2/h8,11-14H,3-7,9-10H2,1-2H3,(H2,17,18,19). The average Bonchev–Trinajstić information content (AvgIpc) is 2.46. The lowest BCUT2D eigenvalue weighted by Crippen LogP contribution is -2.30. The van der Waals surface area contributed by atoms with Gasteiger partial charge < -0.3 is 10.6 Å². The highest BCUT2D eigenvalue weighted by atomic mass is 15.1. The number of pyridine rings is 1. The minimum Gasteiger partial charge on any atom is -0.370 e. The summed E-state index contributed by atoms with van der Waals surface area (Å²) in [5.41, 5.74) is 0. The molecular weight excluding hydrogens is 234 g/mol. The van der Waals surface area contributed by atoms with Gasteiger partial charge in [-0.05, 0) is 44.2 Å². The van der Waals surface area contributed by atoms with Crippen molar-refractivity contribution < 1.29 is 0 Å². The van der Waals surface area contributed by atoms with Crippen LogP contribution in [-0.4, -0.2) is 17.6 Å². The van der Waals surface area contributed by atoms with Gasteiger partial charge in [0.1, 0.15) is 11.6 Å². The van der Waals surface area contributed by atoms with Crippen LogP contribution in [0.25, 0.3) is 0 Å². The molecule has 1 fully saturated rings. The Kier molecular flexibility index (Phi) is 5.49. The molecule has 0 aromatic carbocycles. The monoisotopic (exact) mass is 261 g/mol. The van der Waals surface area contributed by atoms with Gasteiger partial charge in [0.25, 0.3) is 0 Å². The van der Waals surface area contributed by atoms with Crippen LogP contribution in [0.15, 0.2) is 18.2 Å². The van der Waals surface area contributed by atoms with Crippen LogP contribution in [0, 0.1) is 5.92 Å². The van der Waals surface area contributed by atoms with Crippen LogP contribution >= 0.6 is 0 Å². The highest BCUT2D eigenvalue weighted by Crippen LogP contribution is 2.29. The zero-order valence-electron chi connectivity index (χ0n) is 12.3. The molecule has 3 heteroatoms. The molecule has 19 heavy (non-hydrogen) atoms. The van der Waals surface area contributed by atoms with Crippen LogP contribution in [0.3, 0.4) is 0 Å². The van der Waals surface area contributed by atoms with Crippen molar-refractivity contribution in [2.24, 2.45) is 5.92 Å². The molecule has 0 spiro atoms. The molecule has 1 aliphatic rings. The van der Waals surface area contributed by atoms with Gasteiger partial charge in [-0.25, -0.2) is 4.98 Å². The van der Waals surface area contributed by atoms with Crippen LogP contribution in [-0.2, 0) is 0 Å². The van der Waals surface area contributed by atoms with E-state index in [9.17, 15) is 0 Å². The first-order valence-corrected chi connectivity index (χ1v) is 7.81. The van der Waals surface area contributed by atoms with E-state index < -0.39 is 0 Å². The summed E-state index contributed by atoms with van der Waals surface area (Å²) in [6.45, 7) is 5.29. The second-order valence-corrected chi connectivity index (χ2v) is 5.50. The predicted octanol–water partition coefficient (Wildman–Crippen LogP) is 4.28. The van der Waals surface area contributed by atoms with E-state index >= 15 is 0 Å². The maximum atomic E-state index is 4.62. The number of anilines is 2. The Balaban J connectivity index is 1.98. The molecule has 106 valence electrons. The summed E-state index contributed by atoms with van der Waals surface area (Å²) in [6.07, 6.45) is 8.14. The van der Waals surface area contributed by atoms with E-state index in [-0.39, 0.29) is 0 Å². The van der Waals surface area contributed by atoms with Gasteiger partial charge in [0.05, 0.1) is 0 Å². The van der Waals surface area contributed by atoms with Crippen molar-refractivity contribution in [3.63, 3.8) is 0 Å². The molecule has 1 aromatic heterocycles. The van der Waals surface area contributed by atoms with Crippen molar-refractivity contribution in [1.82, 2.24) is 4.98 Å². The third-order valence-electron chi connectivity index (χ3n) is 4.10. The molecule has 1 saturated carbocycles. The van der Waals surface area contributed by atoms with Crippen molar-refractivity contribution in [2.45, 2.75) is 58.4 Å². The summed E-state index contributed by atoms with van der Waals surface area (Å²) in [5.74, 6) is 2.80. The summed E-state index contributed by atoms with van der Waals surface area (Å²) in [5, 5.41) is 6.91. The fraction of sp³-hybridized carbons (Fsp3) is 0.688. The number of nitrogens with one attached hydrogen (secondary N) is 2. The SMILES string of the molecule is CCNc1cccc(NC(CC)C2CCCCC2)n1. The zero-order chi connectivity index (χ0) is 13.5. The number of hydrogen-bond acceptors (Lipinski definition) is 3. The van der Waals surface area contributed by atoms with Gasteiger partial charge >= 0.3 is 0 Å². The van der Waals surface area contributed by atoms with Crippen molar-refractivity contribution in [2.75, 3.05) is 17.2 Å². The highest BCUT2D eigenvalue weighted by molar-refractivity contribution is 5.45. The normalized spacial score (nSPS) is 18.0. The summed E-state index contributed by atoms with van der Waals surface area (Å²) in [4.78, 5) is 4.62. The second-order valence-electron chi connectivity index (χ2n) is 5.50. The Morgan fingerprint density at radius 3 is 2.58 bits per heavy atom. The van der Waals surface area contributed by atoms with E-state index in [2.05, 4.69) is 41.6 Å². The van der Waals surface area contributed by atoms with E-state index in [1.54, 1.807) is 0 Å². The van der Waals surface area contributed by atoms with Crippen molar-refractivity contribution in [3.05, 3.63) is 18.2 Å². The van der Waals surface area contributed by atoms with Crippen molar-refractivity contribution in [1.29, 1.82) is 0 Å². The molecule has 3 nitrogen and oxygen atoms in total. The van der Waals surface area contributed by atoms with Crippen LogP contribution in [0.1, 0.15) is 52.4 Å². The number of rotatable bonds is 6. The maximum Gasteiger partial charge on any atom is 0.128 e. The molecule has 1 aromatic rings. The third-order valence-corrected chi connectivity index (χ3v) is 4.10. The quantitative estimate of drug-likeness (QED) is 0.802. The molecule has 0 saturated heterocycles. The van der Waals surface area contributed by atoms with Gasteiger partial charge in [0.15, 0.2) is 0 Å². The fourth-order valence-corrected chi connectivity index (χ4v) is 3.07. The van der Waals surface area contributed by atoms with Gasteiger partial charge in [-0.1, -0.05) is 32.3 Å². The van der Waals surface area contributed by atoms with Crippen LogP contribution in [0.4, 0.5) is 11.6 Å². The van der Waals surface area contributed by atoms with E-state index in [1.807, 2.05) is 6.07 Å². The first-order chi connectivity index (χ1) is 9.33. The Morgan fingerprint density at radius 1 is 1.16 bits per heavy atom. The Morgan fingerprint density at radius 2 is 1.89 bits per heavy atom. The molecule has 1 unspecified atom stereocenters. The summed E-state index contributed by atoms with van der Waals surface area (Å²) in [6, 6.07) is 6.74. The molecular formula is C16H27N3. The maximum absolute atomic E-state index is 4.62. The Bertz CT molecular complexity index is 372. The lowest BCUT2D eigenvalue weighted by Gasteiger charge is -2.30. The van der Waals surface area contributed by atoms with E-state index in [0.29, 0.717) is 6.04 Å². The molecule has 1 heterocycles. The first kappa shape index (κ1) is 14.2. The topological polar surface area (TPSA) is 37.0 Å². The highest BCUT2D eigenvalue weighted by Gasteiger charge is 2.22. The molecule has 0 radical (unpaired) electrons. The summed E-state index contributed by atoms with van der Waals surface area (Å²) < 4.78 is 0. The molecule has 1 aliphatic carbocycles. The minimum absolute atomic E-state index is 0.574. The van der Waals surface area contributed by atoms with Crippen LogP contribution in [0.5, 0.6) is 0 Å². The minimum atomic E-state index is 0.574. The van der Waals surface area contributed by atoms with Gasteiger partial charge in [-0.15, -0.1) is 0 Å². The number of nitrogens with zero attached hydrogens (tertiary/aromatic N) is 1. The smallest absolute Gasteiger partial charge is 0.128 e. The van der Waals surface area contributed by atoms with Gasteiger partial charge in [0.2, 0.25) is 0 Å². The van der Waals surface area contributed by atoms with Crippen molar-refractivity contribution in [3.8, 4) is 0 Å². The molecule has 1 atom stereocenters. The summed E-state index contributed by atoms with van der Waals surface area (Å²) in [7, 11) is 0. The van der Waals surface area contributed by atoms with Gasteiger partial charge in [-0.3, -0.25) is 0 Å². The molecule has 0 amide bonds. The predicted molar refractivity (Wildman–Crippen MR) is 82.7 cm³/mol. The average molecular weight is 261 g/mol. The molecule has 2 rings (SSSR count). The lowest BCUT2D eigenvalue weighted by molar-refractivity contribution is 0.312. The van der Waals surface area contributed by atoms with Gasteiger partial charge in [-0.2, -0.15) is 0 Å². The number of aromatic nitrogens is 1. The van der Waals surface area contributed by atoms with E-state index in [0.717, 1.165) is 24.1 Å². The van der Waals surface area contributed by atoms with Crippen LogP contribution in [0.2, 0.25) is 0 Å². The molecule has 0 bridgehead atoms. The van der Waals surface area contributed by atoms with Gasteiger partial charge in [0, 0.05) is 12.6 Å². The third kappa shape index (κ3) is 4.12. The van der Waals surface area contributed by atoms with Crippen LogP contribution < -0.4 is 10.6 Å². The van der Waals surface area contributed by atoms with Crippen molar-refractivity contribution >= 4 is 11.6 Å². The van der Waals surface area contributed by atoms with E-state index in [1.165, 1.54) is 38.5 Å². The number of hydrogen-bond donors (Lipinski definition) is 2. The van der Waals surface area contributed by atoms with E-state index in [4.69, 9.17) is 0 Å². The Hall–Kier alpha value is -1.25. The lowest BCUT2D eigenvalue weighted by atomic mass is 9.83. The Labute approximate surface area is 117 Å². The molecule has 2 N–H and O–H groups in total. The second kappa shape index (κ2) is 7.37. The molecule has 0 aliphatic heterocycles. The fourth-order valence-electron chi connectivity index (χ4n) is 3.07. The summed E-state index contributed by atoms with van der Waals surface area (Å²) >= 11 is 0. The largest absolute Gasteiger partial charge is 0.370 e. The first-order valence-electron chi connectivity index (χ1n) is 7.81.